The molecule has 8 nitrogen and oxygen atoms in total. The van der Waals surface area contributed by atoms with Crippen molar-refractivity contribution >= 4 is 17.9 Å². The number of hydrogen-bond donors (Lipinski definition) is 4. The van der Waals surface area contributed by atoms with Gasteiger partial charge in [-0.15, -0.1) is 0 Å². The van der Waals surface area contributed by atoms with E-state index in [4.69, 9.17) is 20.7 Å². The summed E-state index contributed by atoms with van der Waals surface area (Å²) in [5.41, 5.74) is 1.36. The van der Waals surface area contributed by atoms with E-state index >= 15 is 0 Å². The van der Waals surface area contributed by atoms with Crippen molar-refractivity contribution in [1.82, 2.24) is 0 Å². The monoisotopic (exact) mass is 263 g/mol. The van der Waals surface area contributed by atoms with Crippen molar-refractivity contribution < 1.29 is 34.4 Å². The van der Waals surface area contributed by atoms with Gasteiger partial charge in [0.15, 0.2) is 0 Å². The Kier molecular flexibility index (Phi) is 4.82. The molecule has 0 radical (unpaired) electrons. The Balaban J connectivity index is 4.83. The molecule has 0 aliphatic carbocycles. The fourth-order valence-corrected chi connectivity index (χ4v) is 1.05. The highest BCUT2D eigenvalue weighted by Crippen LogP contribution is 2.16. The minimum Gasteiger partial charge on any atom is -0.479 e. The normalized spacial score (nSPS) is 13.8. The second kappa shape index (κ2) is 5.32. The topological polar surface area (TPSA) is 147 Å². The second-order valence-electron chi connectivity index (χ2n) is 4.81. The molecule has 0 aliphatic rings. The number of ether oxygens (including phenoxy) is 1. The lowest BCUT2D eigenvalue weighted by molar-refractivity contribution is -0.178. The SMILES string of the molecule is CC(C)(C)OC(=O)C(N)CC(O)(C(=O)O)C(=O)O. The summed E-state index contributed by atoms with van der Waals surface area (Å²) in [6, 6.07) is -1.55. The van der Waals surface area contributed by atoms with Crippen LogP contribution in [0.15, 0.2) is 0 Å². The fourth-order valence-electron chi connectivity index (χ4n) is 1.05. The molecule has 0 aromatic rings. The van der Waals surface area contributed by atoms with E-state index in [0.717, 1.165) is 0 Å². The van der Waals surface area contributed by atoms with Crippen LogP contribution < -0.4 is 5.73 Å². The predicted molar refractivity (Wildman–Crippen MR) is 58.7 cm³/mol. The maximum atomic E-state index is 11.4. The van der Waals surface area contributed by atoms with Crippen LogP contribution in [0.1, 0.15) is 27.2 Å². The van der Waals surface area contributed by atoms with Gasteiger partial charge >= 0.3 is 17.9 Å². The van der Waals surface area contributed by atoms with Crippen LogP contribution >= 0.6 is 0 Å². The summed E-state index contributed by atoms with van der Waals surface area (Å²) in [7, 11) is 0. The highest BCUT2D eigenvalue weighted by molar-refractivity contribution is 6.02. The van der Waals surface area contributed by atoms with Crippen molar-refractivity contribution in [2.75, 3.05) is 0 Å². The molecule has 0 spiro atoms. The third-order valence-electron chi connectivity index (χ3n) is 1.93. The highest BCUT2D eigenvalue weighted by atomic mass is 16.6. The smallest absolute Gasteiger partial charge is 0.347 e. The van der Waals surface area contributed by atoms with Crippen LogP contribution in [0.5, 0.6) is 0 Å². The Morgan fingerprint density at radius 1 is 1.17 bits per heavy atom. The second-order valence-corrected chi connectivity index (χ2v) is 4.81. The average Bonchev–Trinajstić information content (AvgIpc) is 2.13. The lowest BCUT2D eigenvalue weighted by Crippen LogP contribution is -2.52. The van der Waals surface area contributed by atoms with Crippen molar-refractivity contribution in [3.8, 4) is 0 Å². The third-order valence-corrected chi connectivity index (χ3v) is 1.93. The Bertz CT molecular complexity index is 344. The van der Waals surface area contributed by atoms with Gasteiger partial charge in [-0.25, -0.2) is 9.59 Å². The Morgan fingerprint density at radius 3 is 1.83 bits per heavy atom. The first-order chi connectivity index (χ1) is 7.90. The van der Waals surface area contributed by atoms with Crippen LogP contribution in [0.2, 0.25) is 0 Å². The standard InChI is InChI=1S/C10H17NO7/c1-9(2,3)18-6(12)5(11)4-10(17,7(13)14)8(15)16/h5,17H,4,11H2,1-3H3,(H,13,14)(H,15,16). The van der Waals surface area contributed by atoms with E-state index in [0.29, 0.717) is 0 Å². The molecule has 104 valence electrons. The van der Waals surface area contributed by atoms with Gasteiger partial charge in [0.25, 0.3) is 5.60 Å². The zero-order valence-electron chi connectivity index (χ0n) is 10.3. The number of hydrogen-bond acceptors (Lipinski definition) is 6. The summed E-state index contributed by atoms with van der Waals surface area (Å²) in [5, 5.41) is 26.7. The van der Waals surface area contributed by atoms with Crippen LogP contribution in [-0.2, 0) is 19.1 Å². The Morgan fingerprint density at radius 2 is 1.56 bits per heavy atom. The average molecular weight is 263 g/mol. The van der Waals surface area contributed by atoms with Crippen molar-refractivity contribution in [2.24, 2.45) is 5.73 Å². The molecule has 0 heterocycles. The summed E-state index contributed by atoms with van der Waals surface area (Å²) in [4.78, 5) is 32.8. The Labute approximate surface area is 103 Å². The molecule has 1 unspecified atom stereocenters. The summed E-state index contributed by atoms with van der Waals surface area (Å²) in [6.45, 7) is 4.70. The minimum absolute atomic E-state index is 0.848. The Hall–Kier alpha value is -1.67. The molecule has 0 saturated carbocycles. The van der Waals surface area contributed by atoms with Crippen LogP contribution in [0.3, 0.4) is 0 Å². The summed E-state index contributed by atoms with van der Waals surface area (Å²) >= 11 is 0. The lowest BCUT2D eigenvalue weighted by Gasteiger charge is -2.25. The quantitative estimate of drug-likeness (QED) is 0.362. The number of carboxylic acids is 2. The number of carbonyl (C=O) groups excluding carboxylic acids is 1. The maximum absolute atomic E-state index is 11.4. The molecule has 5 N–H and O–H groups in total. The van der Waals surface area contributed by atoms with Crippen LogP contribution in [0, 0.1) is 0 Å². The van der Waals surface area contributed by atoms with Gasteiger partial charge in [0.05, 0.1) is 0 Å². The largest absolute Gasteiger partial charge is 0.479 e. The molecule has 8 heteroatoms. The van der Waals surface area contributed by atoms with Crippen molar-refractivity contribution in [3.05, 3.63) is 0 Å². The van der Waals surface area contributed by atoms with Gasteiger partial charge < -0.3 is 25.8 Å². The number of carbonyl (C=O) groups is 3. The number of aliphatic hydroxyl groups is 1. The molecular formula is C10H17NO7. The number of nitrogens with two attached hydrogens (primary N) is 1. The molecule has 0 bridgehead atoms. The van der Waals surface area contributed by atoms with Crippen LogP contribution in [0.4, 0.5) is 0 Å². The van der Waals surface area contributed by atoms with Crippen LogP contribution in [-0.4, -0.2) is 50.5 Å². The first kappa shape index (κ1) is 16.3. The zero-order chi connectivity index (χ0) is 14.7. The molecule has 0 aromatic carbocycles. The van der Waals surface area contributed by atoms with Crippen molar-refractivity contribution in [1.29, 1.82) is 0 Å². The van der Waals surface area contributed by atoms with Gasteiger partial charge in [-0.05, 0) is 20.8 Å². The van der Waals surface area contributed by atoms with E-state index < -0.39 is 41.6 Å². The van der Waals surface area contributed by atoms with Crippen LogP contribution in [0.25, 0.3) is 0 Å². The summed E-state index contributed by atoms with van der Waals surface area (Å²) in [5.74, 6) is -4.97. The zero-order valence-corrected chi connectivity index (χ0v) is 10.3. The fraction of sp³-hybridized carbons (Fsp3) is 0.700. The van der Waals surface area contributed by atoms with E-state index in [1.165, 1.54) is 0 Å². The summed E-state index contributed by atoms with van der Waals surface area (Å²) in [6.07, 6.45) is -0.980. The van der Waals surface area contributed by atoms with E-state index in [1.807, 2.05) is 0 Å². The third kappa shape index (κ3) is 4.30. The molecule has 0 aromatic heterocycles. The summed E-state index contributed by atoms with van der Waals surface area (Å²) < 4.78 is 4.84. The first-order valence-corrected chi connectivity index (χ1v) is 5.08. The predicted octanol–water partition coefficient (Wildman–Crippen LogP) is -1.05. The molecule has 0 aliphatic heterocycles. The molecule has 0 rings (SSSR count). The molecular weight excluding hydrogens is 246 g/mol. The van der Waals surface area contributed by atoms with E-state index in [1.54, 1.807) is 20.8 Å². The van der Waals surface area contributed by atoms with Gasteiger partial charge in [0.2, 0.25) is 0 Å². The maximum Gasteiger partial charge on any atom is 0.347 e. The van der Waals surface area contributed by atoms with Gasteiger partial charge in [-0.3, -0.25) is 4.79 Å². The molecule has 0 saturated heterocycles. The molecule has 18 heavy (non-hydrogen) atoms. The van der Waals surface area contributed by atoms with Crippen molar-refractivity contribution in [2.45, 2.75) is 44.4 Å². The van der Waals surface area contributed by atoms with E-state index in [2.05, 4.69) is 0 Å². The van der Waals surface area contributed by atoms with Gasteiger partial charge in [0, 0.05) is 6.42 Å². The van der Waals surface area contributed by atoms with Gasteiger partial charge in [-0.1, -0.05) is 0 Å². The molecule has 0 fully saturated rings. The molecule has 1 atom stereocenters. The lowest BCUT2D eigenvalue weighted by atomic mass is 9.95. The van der Waals surface area contributed by atoms with Gasteiger partial charge in [0.1, 0.15) is 11.6 Å². The van der Waals surface area contributed by atoms with Crippen molar-refractivity contribution in [3.63, 3.8) is 0 Å². The number of carboxylic acid groups (broad SMARTS) is 2. The first-order valence-electron chi connectivity index (χ1n) is 5.08. The molecule has 0 amide bonds. The minimum atomic E-state index is -3.11. The van der Waals surface area contributed by atoms with E-state index in [9.17, 15) is 19.5 Å². The number of aliphatic carboxylic acids is 2. The van der Waals surface area contributed by atoms with Gasteiger partial charge in [-0.2, -0.15) is 0 Å². The number of rotatable bonds is 5. The number of esters is 1. The van der Waals surface area contributed by atoms with E-state index in [-0.39, 0.29) is 0 Å². The highest BCUT2D eigenvalue weighted by Gasteiger charge is 2.47.